The van der Waals surface area contributed by atoms with Crippen LogP contribution in [0.1, 0.15) is 52.4 Å². The lowest BCUT2D eigenvalue weighted by Crippen LogP contribution is -2.55. The number of piperazine rings is 1. The van der Waals surface area contributed by atoms with Crippen molar-refractivity contribution in [2.75, 3.05) is 19.6 Å². The van der Waals surface area contributed by atoms with Crippen LogP contribution in [-0.4, -0.2) is 36.6 Å². The van der Waals surface area contributed by atoms with Crippen LogP contribution in [0.15, 0.2) is 0 Å². The van der Waals surface area contributed by atoms with Crippen LogP contribution >= 0.6 is 0 Å². The molecule has 2 heteroatoms. The van der Waals surface area contributed by atoms with Crippen LogP contribution < -0.4 is 5.32 Å². The fraction of sp³-hybridized carbons (Fsp3) is 1.00. The van der Waals surface area contributed by atoms with E-state index in [1.54, 1.807) is 0 Å². The first kappa shape index (κ1) is 12.4. The number of hydrogen-bond donors (Lipinski definition) is 1. The van der Waals surface area contributed by atoms with Gasteiger partial charge >= 0.3 is 0 Å². The van der Waals surface area contributed by atoms with Crippen LogP contribution in [0.4, 0.5) is 0 Å². The van der Waals surface area contributed by atoms with Crippen molar-refractivity contribution in [3.05, 3.63) is 0 Å². The van der Waals surface area contributed by atoms with Gasteiger partial charge in [0.05, 0.1) is 0 Å². The number of nitrogens with zero attached hydrogens (tertiary/aromatic N) is 1. The quantitative estimate of drug-likeness (QED) is 0.790. The van der Waals surface area contributed by atoms with Gasteiger partial charge in [-0.1, -0.05) is 32.6 Å². The molecule has 0 aromatic carbocycles. The number of rotatable bonds is 4. The van der Waals surface area contributed by atoms with Crippen molar-refractivity contribution >= 4 is 0 Å². The Morgan fingerprint density at radius 2 is 2.00 bits per heavy atom. The Labute approximate surface area is 101 Å². The third-order valence-electron chi connectivity index (χ3n) is 4.57. The summed E-state index contributed by atoms with van der Waals surface area (Å²) in [6, 6.07) is 1.48. The second-order valence-corrected chi connectivity index (χ2v) is 5.80. The molecule has 1 saturated heterocycles. The van der Waals surface area contributed by atoms with Gasteiger partial charge in [0.2, 0.25) is 0 Å². The van der Waals surface area contributed by atoms with Gasteiger partial charge in [0.15, 0.2) is 0 Å². The first-order valence-corrected chi connectivity index (χ1v) is 7.27. The molecule has 0 aromatic heterocycles. The minimum absolute atomic E-state index is 0.736. The molecule has 2 unspecified atom stereocenters. The van der Waals surface area contributed by atoms with Crippen LogP contribution in [0.25, 0.3) is 0 Å². The first-order chi connectivity index (χ1) is 7.79. The van der Waals surface area contributed by atoms with Gasteiger partial charge in [0, 0.05) is 25.2 Å². The molecule has 0 aromatic rings. The van der Waals surface area contributed by atoms with E-state index in [0.29, 0.717) is 0 Å². The summed E-state index contributed by atoms with van der Waals surface area (Å²) in [5.41, 5.74) is 0. The summed E-state index contributed by atoms with van der Waals surface area (Å²) in [7, 11) is 0. The van der Waals surface area contributed by atoms with E-state index in [2.05, 4.69) is 24.1 Å². The standard InChI is InChI=1S/C14H28N2/c1-3-14-11-16(12(2)10-15-14)9-8-13-6-4-5-7-13/h12-15H,3-11H2,1-2H3. The molecular formula is C14H28N2. The maximum atomic E-state index is 3.63. The summed E-state index contributed by atoms with van der Waals surface area (Å²) >= 11 is 0. The molecule has 2 nitrogen and oxygen atoms in total. The maximum absolute atomic E-state index is 3.63. The van der Waals surface area contributed by atoms with Gasteiger partial charge in [-0.3, -0.25) is 4.90 Å². The molecule has 2 fully saturated rings. The molecule has 2 aliphatic rings. The Bertz CT molecular complexity index is 199. The SMILES string of the molecule is CCC1CN(CCC2CCCC2)C(C)CN1. The van der Waals surface area contributed by atoms with E-state index in [0.717, 1.165) is 18.0 Å². The molecule has 1 saturated carbocycles. The lowest BCUT2D eigenvalue weighted by molar-refractivity contribution is 0.131. The van der Waals surface area contributed by atoms with Crippen molar-refractivity contribution in [3.8, 4) is 0 Å². The Morgan fingerprint density at radius 1 is 1.25 bits per heavy atom. The molecule has 0 spiro atoms. The van der Waals surface area contributed by atoms with Crippen LogP contribution in [0, 0.1) is 5.92 Å². The zero-order valence-corrected chi connectivity index (χ0v) is 11.0. The van der Waals surface area contributed by atoms with Crippen LogP contribution in [-0.2, 0) is 0 Å². The molecule has 1 aliphatic heterocycles. The summed E-state index contributed by atoms with van der Waals surface area (Å²) in [6.07, 6.45) is 8.68. The summed E-state index contributed by atoms with van der Waals surface area (Å²) < 4.78 is 0. The highest BCUT2D eigenvalue weighted by Crippen LogP contribution is 2.28. The molecule has 0 radical (unpaired) electrons. The van der Waals surface area contributed by atoms with Crippen molar-refractivity contribution in [1.29, 1.82) is 0 Å². The summed E-state index contributed by atoms with van der Waals surface area (Å²) in [5.74, 6) is 1.04. The van der Waals surface area contributed by atoms with E-state index in [9.17, 15) is 0 Å². The van der Waals surface area contributed by atoms with Gasteiger partial charge in [-0.15, -0.1) is 0 Å². The highest BCUT2D eigenvalue weighted by atomic mass is 15.2. The van der Waals surface area contributed by atoms with Crippen LogP contribution in [0.2, 0.25) is 0 Å². The normalized spacial score (nSPS) is 33.4. The molecule has 0 amide bonds. The second kappa shape index (κ2) is 6.02. The van der Waals surface area contributed by atoms with E-state index in [1.165, 1.54) is 58.2 Å². The molecule has 2 atom stereocenters. The van der Waals surface area contributed by atoms with E-state index >= 15 is 0 Å². The Morgan fingerprint density at radius 3 is 2.69 bits per heavy atom. The van der Waals surface area contributed by atoms with Crippen LogP contribution in [0.5, 0.6) is 0 Å². The Kier molecular flexibility index (Phi) is 4.66. The number of nitrogens with one attached hydrogen (secondary N) is 1. The number of hydrogen-bond acceptors (Lipinski definition) is 2. The van der Waals surface area contributed by atoms with Crippen LogP contribution in [0.3, 0.4) is 0 Å². The molecule has 1 N–H and O–H groups in total. The lowest BCUT2D eigenvalue weighted by atomic mass is 10.0. The summed E-state index contributed by atoms with van der Waals surface area (Å²) in [4.78, 5) is 2.71. The minimum atomic E-state index is 0.736. The molecule has 16 heavy (non-hydrogen) atoms. The Balaban J connectivity index is 1.73. The van der Waals surface area contributed by atoms with Crippen molar-refractivity contribution in [2.24, 2.45) is 5.92 Å². The molecule has 94 valence electrons. The molecule has 1 aliphatic carbocycles. The predicted molar refractivity (Wildman–Crippen MR) is 69.7 cm³/mol. The third-order valence-corrected chi connectivity index (χ3v) is 4.57. The Hall–Kier alpha value is -0.0800. The average molecular weight is 224 g/mol. The van der Waals surface area contributed by atoms with Crippen molar-refractivity contribution in [2.45, 2.75) is 64.5 Å². The monoisotopic (exact) mass is 224 g/mol. The van der Waals surface area contributed by atoms with Crippen molar-refractivity contribution < 1.29 is 0 Å². The maximum Gasteiger partial charge on any atom is 0.0193 e. The van der Waals surface area contributed by atoms with Gasteiger partial charge in [-0.25, -0.2) is 0 Å². The van der Waals surface area contributed by atoms with Crippen molar-refractivity contribution in [1.82, 2.24) is 10.2 Å². The molecule has 2 rings (SSSR count). The zero-order valence-electron chi connectivity index (χ0n) is 11.0. The average Bonchev–Trinajstić information content (AvgIpc) is 2.81. The second-order valence-electron chi connectivity index (χ2n) is 5.80. The molecular weight excluding hydrogens is 196 g/mol. The van der Waals surface area contributed by atoms with Gasteiger partial charge < -0.3 is 5.32 Å². The smallest absolute Gasteiger partial charge is 0.0193 e. The highest BCUT2D eigenvalue weighted by Gasteiger charge is 2.24. The van der Waals surface area contributed by atoms with Gasteiger partial charge in [0.25, 0.3) is 0 Å². The van der Waals surface area contributed by atoms with E-state index in [-0.39, 0.29) is 0 Å². The predicted octanol–water partition coefficient (Wildman–Crippen LogP) is 2.64. The fourth-order valence-electron chi connectivity index (χ4n) is 3.23. The third kappa shape index (κ3) is 3.21. The largest absolute Gasteiger partial charge is 0.311 e. The van der Waals surface area contributed by atoms with E-state index in [4.69, 9.17) is 0 Å². The summed E-state index contributed by atoms with van der Waals surface area (Å²) in [5, 5.41) is 3.63. The van der Waals surface area contributed by atoms with Crippen molar-refractivity contribution in [3.63, 3.8) is 0 Å². The van der Waals surface area contributed by atoms with Gasteiger partial charge in [0.1, 0.15) is 0 Å². The lowest BCUT2D eigenvalue weighted by Gasteiger charge is -2.39. The minimum Gasteiger partial charge on any atom is -0.311 e. The topological polar surface area (TPSA) is 15.3 Å². The molecule has 1 heterocycles. The van der Waals surface area contributed by atoms with E-state index < -0.39 is 0 Å². The van der Waals surface area contributed by atoms with Gasteiger partial charge in [-0.05, 0) is 32.2 Å². The fourth-order valence-corrected chi connectivity index (χ4v) is 3.23. The van der Waals surface area contributed by atoms with Gasteiger partial charge in [-0.2, -0.15) is 0 Å². The zero-order chi connectivity index (χ0) is 11.4. The first-order valence-electron chi connectivity index (χ1n) is 7.27. The summed E-state index contributed by atoms with van der Waals surface area (Å²) in [6.45, 7) is 8.45. The highest BCUT2D eigenvalue weighted by molar-refractivity contribution is 4.83. The molecule has 0 bridgehead atoms. The van der Waals surface area contributed by atoms with E-state index in [1.807, 2.05) is 0 Å².